The third kappa shape index (κ3) is 2.79. The second-order valence-electron chi connectivity index (χ2n) is 10.0. The molecule has 0 bridgehead atoms. The summed E-state index contributed by atoms with van der Waals surface area (Å²) in [5.74, 6) is 1.84. The van der Waals surface area contributed by atoms with Crippen LogP contribution in [0.5, 0.6) is 0 Å². The Kier molecular flexibility index (Phi) is 3.76. The minimum absolute atomic E-state index is 0.0682. The maximum Gasteiger partial charge on any atom is 0.225 e. The van der Waals surface area contributed by atoms with E-state index < -0.39 is 5.60 Å². The molecule has 4 fully saturated rings. The highest BCUT2D eigenvalue weighted by atomic mass is 16.3. The van der Waals surface area contributed by atoms with Crippen molar-refractivity contribution in [2.45, 2.75) is 75.7 Å². The van der Waals surface area contributed by atoms with Crippen LogP contribution in [0.15, 0.2) is 24.3 Å². The van der Waals surface area contributed by atoms with E-state index in [1.54, 1.807) is 5.56 Å². The van der Waals surface area contributed by atoms with Crippen molar-refractivity contribution in [3.05, 3.63) is 35.4 Å². The van der Waals surface area contributed by atoms with Crippen molar-refractivity contribution >= 4 is 5.91 Å². The molecule has 3 nitrogen and oxygen atoms in total. The van der Waals surface area contributed by atoms with Crippen molar-refractivity contribution in [2.75, 3.05) is 13.1 Å². The molecule has 1 aromatic carbocycles. The average molecular weight is 354 g/mol. The zero-order valence-corrected chi connectivity index (χ0v) is 15.9. The van der Waals surface area contributed by atoms with Gasteiger partial charge in [0.1, 0.15) is 0 Å². The SMILES string of the molecule is CC1(O)CC(C(=O)N2CC3(CCC(c4cccc(C5CCC5)c4)C3)C2)C1. The highest BCUT2D eigenvalue weighted by Gasteiger charge is 2.53. The molecular formula is C23H31NO2. The van der Waals surface area contributed by atoms with E-state index >= 15 is 0 Å². The molecule has 3 aliphatic carbocycles. The van der Waals surface area contributed by atoms with Gasteiger partial charge in [-0.3, -0.25) is 4.79 Å². The van der Waals surface area contributed by atoms with Crippen LogP contribution in [-0.4, -0.2) is 34.6 Å². The quantitative estimate of drug-likeness (QED) is 0.884. The Balaban J connectivity index is 1.19. The standard InChI is InChI=1S/C23H31NO2/c1-22(26)11-20(12-22)21(25)24-14-23(15-24)9-8-19(13-23)18-7-3-6-17(10-18)16-4-2-5-16/h3,6-7,10,16,19-20,26H,2,4-5,8-9,11-15H2,1H3. The summed E-state index contributed by atoms with van der Waals surface area (Å²) < 4.78 is 0. The number of carbonyl (C=O) groups excluding carboxylic acids is 1. The number of benzene rings is 1. The van der Waals surface area contributed by atoms with E-state index in [1.165, 1.54) is 44.1 Å². The van der Waals surface area contributed by atoms with E-state index in [1.807, 2.05) is 6.92 Å². The summed E-state index contributed by atoms with van der Waals surface area (Å²) in [4.78, 5) is 14.6. The largest absolute Gasteiger partial charge is 0.390 e. The van der Waals surface area contributed by atoms with Crippen LogP contribution in [0, 0.1) is 11.3 Å². The van der Waals surface area contributed by atoms with Crippen LogP contribution >= 0.6 is 0 Å². The molecule has 140 valence electrons. The van der Waals surface area contributed by atoms with Crippen molar-refractivity contribution in [1.29, 1.82) is 0 Å². The fraction of sp³-hybridized carbons (Fsp3) is 0.696. The zero-order chi connectivity index (χ0) is 17.9. The van der Waals surface area contributed by atoms with Gasteiger partial charge in [0.2, 0.25) is 5.91 Å². The van der Waals surface area contributed by atoms with E-state index in [0.717, 1.165) is 19.0 Å². The molecule has 1 aliphatic heterocycles. The lowest BCUT2D eigenvalue weighted by atomic mass is 9.69. The first-order chi connectivity index (χ1) is 12.4. The van der Waals surface area contributed by atoms with Gasteiger partial charge in [0.05, 0.1) is 5.60 Å². The molecule has 1 saturated heterocycles. The Morgan fingerprint density at radius 3 is 2.38 bits per heavy atom. The molecule has 1 unspecified atom stereocenters. The number of nitrogens with zero attached hydrogens (tertiary/aromatic N) is 1. The van der Waals surface area contributed by atoms with Crippen LogP contribution in [0.4, 0.5) is 0 Å². The number of rotatable bonds is 3. The van der Waals surface area contributed by atoms with E-state index in [0.29, 0.717) is 24.2 Å². The number of carbonyl (C=O) groups is 1. The van der Waals surface area contributed by atoms with Gasteiger partial charge in [-0.05, 0) is 74.8 Å². The van der Waals surface area contributed by atoms with Gasteiger partial charge in [0, 0.05) is 24.4 Å². The van der Waals surface area contributed by atoms with Gasteiger partial charge in [-0.2, -0.15) is 0 Å². The van der Waals surface area contributed by atoms with E-state index in [9.17, 15) is 9.90 Å². The predicted octanol–water partition coefficient (Wildman–Crippen LogP) is 4.21. The Labute approximate surface area is 156 Å². The molecule has 1 spiro atoms. The summed E-state index contributed by atoms with van der Waals surface area (Å²) in [5, 5.41) is 9.88. The number of likely N-dealkylation sites (tertiary alicyclic amines) is 1. The molecule has 1 N–H and O–H groups in total. The van der Waals surface area contributed by atoms with Crippen molar-refractivity contribution in [3.8, 4) is 0 Å². The minimum atomic E-state index is -0.604. The molecule has 1 heterocycles. The molecule has 0 radical (unpaired) electrons. The molecule has 1 aromatic rings. The van der Waals surface area contributed by atoms with Crippen LogP contribution in [-0.2, 0) is 4.79 Å². The van der Waals surface area contributed by atoms with Crippen molar-refractivity contribution in [1.82, 2.24) is 4.90 Å². The average Bonchev–Trinajstić information content (AvgIpc) is 2.95. The van der Waals surface area contributed by atoms with E-state index in [2.05, 4.69) is 29.2 Å². The van der Waals surface area contributed by atoms with Gasteiger partial charge >= 0.3 is 0 Å². The van der Waals surface area contributed by atoms with Gasteiger partial charge < -0.3 is 10.0 Å². The van der Waals surface area contributed by atoms with E-state index in [-0.39, 0.29) is 11.8 Å². The van der Waals surface area contributed by atoms with Crippen LogP contribution in [0.2, 0.25) is 0 Å². The molecule has 4 aliphatic rings. The Bertz CT molecular complexity index is 707. The van der Waals surface area contributed by atoms with Crippen molar-refractivity contribution < 1.29 is 9.90 Å². The summed E-state index contributed by atoms with van der Waals surface area (Å²) in [6.45, 7) is 3.74. The van der Waals surface area contributed by atoms with Gasteiger partial charge in [-0.25, -0.2) is 0 Å². The smallest absolute Gasteiger partial charge is 0.225 e. The fourth-order valence-electron chi connectivity index (χ4n) is 5.94. The lowest BCUT2D eigenvalue weighted by molar-refractivity contribution is -0.161. The van der Waals surface area contributed by atoms with Gasteiger partial charge in [-0.1, -0.05) is 30.7 Å². The Morgan fingerprint density at radius 1 is 1.08 bits per heavy atom. The Hall–Kier alpha value is -1.35. The van der Waals surface area contributed by atoms with Gasteiger partial charge in [-0.15, -0.1) is 0 Å². The highest BCUT2D eigenvalue weighted by molar-refractivity contribution is 5.81. The molecule has 1 amide bonds. The molecule has 0 aromatic heterocycles. The number of hydrogen-bond acceptors (Lipinski definition) is 2. The summed E-state index contributed by atoms with van der Waals surface area (Å²) in [5.41, 5.74) is 2.86. The molecular weight excluding hydrogens is 322 g/mol. The van der Waals surface area contributed by atoms with Gasteiger partial charge in [0.15, 0.2) is 0 Å². The number of amides is 1. The maximum absolute atomic E-state index is 12.6. The molecule has 3 saturated carbocycles. The fourth-order valence-corrected chi connectivity index (χ4v) is 5.94. The Morgan fingerprint density at radius 2 is 1.77 bits per heavy atom. The summed E-state index contributed by atoms with van der Waals surface area (Å²) >= 11 is 0. The maximum atomic E-state index is 12.6. The summed E-state index contributed by atoms with van der Waals surface area (Å²) in [7, 11) is 0. The summed E-state index contributed by atoms with van der Waals surface area (Å²) in [6.07, 6.45) is 9.19. The van der Waals surface area contributed by atoms with Crippen LogP contribution < -0.4 is 0 Å². The monoisotopic (exact) mass is 353 g/mol. The summed E-state index contributed by atoms with van der Waals surface area (Å²) in [6, 6.07) is 9.37. The second kappa shape index (κ2) is 5.82. The first-order valence-corrected chi connectivity index (χ1v) is 10.5. The topological polar surface area (TPSA) is 40.5 Å². The van der Waals surface area contributed by atoms with Crippen molar-refractivity contribution in [3.63, 3.8) is 0 Å². The lowest BCUT2D eigenvalue weighted by Gasteiger charge is -2.52. The molecule has 26 heavy (non-hydrogen) atoms. The van der Waals surface area contributed by atoms with E-state index in [4.69, 9.17) is 0 Å². The molecule has 5 rings (SSSR count). The predicted molar refractivity (Wildman–Crippen MR) is 102 cm³/mol. The number of aliphatic hydroxyl groups is 1. The first-order valence-electron chi connectivity index (χ1n) is 10.5. The lowest BCUT2D eigenvalue weighted by Crippen LogP contribution is -2.61. The van der Waals surface area contributed by atoms with Crippen molar-refractivity contribution in [2.24, 2.45) is 11.3 Å². The second-order valence-corrected chi connectivity index (χ2v) is 10.0. The normalized spacial score (nSPS) is 35.7. The highest BCUT2D eigenvalue weighted by Crippen LogP contribution is 2.53. The molecule has 3 heteroatoms. The van der Waals surface area contributed by atoms with Crippen LogP contribution in [0.1, 0.15) is 81.3 Å². The third-order valence-corrected chi connectivity index (χ3v) is 7.75. The minimum Gasteiger partial charge on any atom is -0.390 e. The first kappa shape index (κ1) is 16.8. The molecule has 1 atom stereocenters. The van der Waals surface area contributed by atoms with Crippen LogP contribution in [0.25, 0.3) is 0 Å². The number of hydrogen-bond donors (Lipinski definition) is 1. The zero-order valence-electron chi connectivity index (χ0n) is 15.9. The third-order valence-electron chi connectivity index (χ3n) is 7.75. The van der Waals surface area contributed by atoms with Crippen LogP contribution in [0.3, 0.4) is 0 Å². The van der Waals surface area contributed by atoms with Gasteiger partial charge in [0.25, 0.3) is 0 Å².